The van der Waals surface area contributed by atoms with Gasteiger partial charge in [-0.05, 0) is 34.6 Å². The molecule has 0 radical (unpaired) electrons. The fourth-order valence-electron chi connectivity index (χ4n) is 3.04. The van der Waals surface area contributed by atoms with E-state index < -0.39 is 0 Å². The Bertz CT molecular complexity index is 616. The van der Waals surface area contributed by atoms with Gasteiger partial charge in [-0.15, -0.1) is 0 Å². The molecule has 2 heteroatoms. The van der Waals surface area contributed by atoms with Crippen LogP contribution in [0.15, 0.2) is 42.5 Å². The number of hydrogen-bond donors (Lipinski definition) is 1. The summed E-state index contributed by atoms with van der Waals surface area (Å²) in [5.41, 5.74) is 6.71. The minimum Gasteiger partial charge on any atom is -0.380 e. The zero-order valence-electron chi connectivity index (χ0n) is 15.4. The molecule has 2 rings (SSSR count). The molecular weight excluding hydrogens is 280 g/mol. The van der Waals surface area contributed by atoms with Crippen molar-refractivity contribution in [1.29, 1.82) is 0 Å². The molecule has 23 heavy (non-hydrogen) atoms. The van der Waals surface area contributed by atoms with Crippen LogP contribution in [0, 0.1) is 0 Å². The summed E-state index contributed by atoms with van der Waals surface area (Å²) in [6.07, 6.45) is 0. The highest BCUT2D eigenvalue weighted by Crippen LogP contribution is 2.33. The first-order chi connectivity index (χ1) is 10.9. The van der Waals surface area contributed by atoms with Crippen LogP contribution in [-0.2, 0) is 6.54 Å². The maximum atomic E-state index is 3.73. The van der Waals surface area contributed by atoms with Gasteiger partial charge >= 0.3 is 0 Å². The number of nitrogens with one attached hydrogen (secondary N) is 1. The van der Waals surface area contributed by atoms with Gasteiger partial charge in [-0.3, -0.25) is 0 Å². The number of nitrogens with zero attached hydrogens (tertiary/aromatic N) is 1. The molecule has 2 aromatic rings. The highest BCUT2D eigenvalue weighted by Gasteiger charge is 2.14. The Morgan fingerprint density at radius 3 is 1.91 bits per heavy atom. The number of anilines is 2. The molecule has 0 saturated carbocycles. The SMILES string of the molecule is CC(C)c1cccc(C(C)C)c1NCc1ccccc1N(C)C. The van der Waals surface area contributed by atoms with E-state index in [1.807, 2.05) is 0 Å². The van der Waals surface area contributed by atoms with Crippen LogP contribution in [0.25, 0.3) is 0 Å². The minimum atomic E-state index is 0.514. The smallest absolute Gasteiger partial charge is 0.0421 e. The molecule has 0 fully saturated rings. The van der Waals surface area contributed by atoms with Gasteiger partial charge in [0.25, 0.3) is 0 Å². The lowest BCUT2D eigenvalue weighted by Gasteiger charge is -2.23. The molecule has 124 valence electrons. The molecule has 0 bridgehead atoms. The van der Waals surface area contributed by atoms with Crippen molar-refractivity contribution in [3.8, 4) is 0 Å². The quantitative estimate of drug-likeness (QED) is 0.746. The molecular formula is C21H30N2. The first-order valence-corrected chi connectivity index (χ1v) is 8.53. The Labute approximate surface area is 141 Å². The molecule has 0 aliphatic carbocycles. The van der Waals surface area contributed by atoms with Crippen molar-refractivity contribution >= 4 is 11.4 Å². The fraction of sp³-hybridized carbons (Fsp3) is 0.429. The summed E-state index contributed by atoms with van der Waals surface area (Å²) in [6, 6.07) is 15.3. The van der Waals surface area contributed by atoms with Crippen LogP contribution >= 0.6 is 0 Å². The van der Waals surface area contributed by atoms with E-state index in [-0.39, 0.29) is 0 Å². The average Bonchev–Trinajstić information content (AvgIpc) is 2.52. The van der Waals surface area contributed by atoms with Gasteiger partial charge in [0.05, 0.1) is 0 Å². The number of para-hydroxylation sites is 2. The third kappa shape index (κ3) is 4.07. The van der Waals surface area contributed by atoms with Crippen molar-refractivity contribution in [2.45, 2.75) is 46.1 Å². The summed E-state index contributed by atoms with van der Waals surface area (Å²) in [6.45, 7) is 9.89. The molecule has 0 spiro atoms. The second kappa shape index (κ2) is 7.54. The number of rotatable bonds is 6. The van der Waals surface area contributed by atoms with Gasteiger partial charge in [-0.2, -0.15) is 0 Å². The van der Waals surface area contributed by atoms with E-state index in [0.29, 0.717) is 11.8 Å². The second-order valence-corrected chi connectivity index (χ2v) is 7.00. The molecule has 0 aromatic heterocycles. The molecule has 1 N–H and O–H groups in total. The number of benzene rings is 2. The first-order valence-electron chi connectivity index (χ1n) is 8.53. The average molecular weight is 310 g/mol. The topological polar surface area (TPSA) is 15.3 Å². The lowest BCUT2D eigenvalue weighted by Crippen LogP contribution is -2.14. The van der Waals surface area contributed by atoms with Crippen LogP contribution in [0.4, 0.5) is 11.4 Å². The maximum Gasteiger partial charge on any atom is 0.0421 e. The van der Waals surface area contributed by atoms with Gasteiger partial charge in [0.15, 0.2) is 0 Å². The largest absolute Gasteiger partial charge is 0.380 e. The minimum absolute atomic E-state index is 0.514. The van der Waals surface area contributed by atoms with Crippen LogP contribution in [-0.4, -0.2) is 14.1 Å². The van der Waals surface area contributed by atoms with Crippen LogP contribution in [0.3, 0.4) is 0 Å². The Hall–Kier alpha value is -1.96. The van der Waals surface area contributed by atoms with Crippen LogP contribution in [0.5, 0.6) is 0 Å². The van der Waals surface area contributed by atoms with Crippen LogP contribution in [0.2, 0.25) is 0 Å². The highest BCUT2D eigenvalue weighted by molar-refractivity contribution is 5.61. The Balaban J connectivity index is 2.34. The van der Waals surface area contributed by atoms with E-state index in [1.54, 1.807) is 0 Å². The third-order valence-corrected chi connectivity index (χ3v) is 4.30. The summed E-state index contributed by atoms with van der Waals surface area (Å²) in [4.78, 5) is 2.18. The summed E-state index contributed by atoms with van der Waals surface area (Å²) >= 11 is 0. The van der Waals surface area contributed by atoms with Crippen molar-refractivity contribution in [2.24, 2.45) is 0 Å². The summed E-state index contributed by atoms with van der Waals surface area (Å²) < 4.78 is 0. The van der Waals surface area contributed by atoms with E-state index in [0.717, 1.165) is 6.54 Å². The lowest BCUT2D eigenvalue weighted by atomic mass is 9.92. The van der Waals surface area contributed by atoms with E-state index in [9.17, 15) is 0 Å². The van der Waals surface area contributed by atoms with E-state index in [1.165, 1.54) is 28.1 Å². The molecule has 0 aliphatic rings. The van der Waals surface area contributed by atoms with E-state index in [2.05, 4.69) is 94.5 Å². The summed E-state index contributed by atoms with van der Waals surface area (Å²) in [5, 5.41) is 3.73. The van der Waals surface area contributed by atoms with Gasteiger partial charge in [-0.25, -0.2) is 0 Å². The van der Waals surface area contributed by atoms with Crippen molar-refractivity contribution in [3.05, 3.63) is 59.2 Å². The molecule has 0 saturated heterocycles. The van der Waals surface area contributed by atoms with E-state index >= 15 is 0 Å². The van der Waals surface area contributed by atoms with Crippen molar-refractivity contribution in [1.82, 2.24) is 0 Å². The third-order valence-electron chi connectivity index (χ3n) is 4.30. The summed E-state index contributed by atoms with van der Waals surface area (Å²) in [5.74, 6) is 1.03. The normalized spacial score (nSPS) is 11.1. The zero-order valence-corrected chi connectivity index (χ0v) is 15.4. The predicted octanol–water partition coefficient (Wildman–Crippen LogP) is 5.61. The van der Waals surface area contributed by atoms with Crippen LogP contribution < -0.4 is 10.2 Å². The molecule has 0 atom stereocenters. The standard InChI is InChI=1S/C21H30N2/c1-15(2)18-11-9-12-19(16(3)4)21(18)22-14-17-10-7-8-13-20(17)23(5)6/h7-13,15-16,22H,14H2,1-6H3. The van der Waals surface area contributed by atoms with Crippen molar-refractivity contribution < 1.29 is 0 Å². The Morgan fingerprint density at radius 2 is 1.39 bits per heavy atom. The second-order valence-electron chi connectivity index (χ2n) is 7.00. The molecule has 0 unspecified atom stereocenters. The van der Waals surface area contributed by atoms with Gasteiger partial charge in [0.1, 0.15) is 0 Å². The Morgan fingerprint density at radius 1 is 0.826 bits per heavy atom. The molecule has 0 heterocycles. The molecule has 2 nitrogen and oxygen atoms in total. The maximum absolute atomic E-state index is 3.73. The first kappa shape index (κ1) is 17.4. The lowest BCUT2D eigenvalue weighted by molar-refractivity contribution is 0.832. The Kier molecular flexibility index (Phi) is 5.70. The monoisotopic (exact) mass is 310 g/mol. The molecule has 2 aromatic carbocycles. The zero-order chi connectivity index (χ0) is 17.0. The van der Waals surface area contributed by atoms with Gasteiger partial charge in [0, 0.05) is 32.0 Å². The molecule has 0 amide bonds. The van der Waals surface area contributed by atoms with Crippen molar-refractivity contribution in [3.63, 3.8) is 0 Å². The predicted molar refractivity (Wildman–Crippen MR) is 103 cm³/mol. The van der Waals surface area contributed by atoms with Crippen molar-refractivity contribution in [2.75, 3.05) is 24.3 Å². The van der Waals surface area contributed by atoms with Crippen LogP contribution in [0.1, 0.15) is 56.2 Å². The summed E-state index contributed by atoms with van der Waals surface area (Å²) in [7, 11) is 4.20. The van der Waals surface area contributed by atoms with Gasteiger partial charge in [-0.1, -0.05) is 64.1 Å². The fourth-order valence-corrected chi connectivity index (χ4v) is 3.04. The number of hydrogen-bond acceptors (Lipinski definition) is 2. The van der Waals surface area contributed by atoms with E-state index in [4.69, 9.17) is 0 Å². The van der Waals surface area contributed by atoms with Gasteiger partial charge in [0.2, 0.25) is 0 Å². The molecule has 0 aliphatic heterocycles. The van der Waals surface area contributed by atoms with Gasteiger partial charge < -0.3 is 10.2 Å². The highest BCUT2D eigenvalue weighted by atomic mass is 15.1.